The number of Topliss-reactive ketones (excluding diaryl/α,β-unsaturated/α-hetero) is 1. The molecule has 2 aromatic carbocycles. The predicted molar refractivity (Wildman–Crippen MR) is 111 cm³/mol. The highest BCUT2D eigenvalue weighted by Crippen LogP contribution is 2.44. The van der Waals surface area contributed by atoms with Crippen molar-refractivity contribution in [3.05, 3.63) is 82.5 Å². The molecule has 5 rings (SSSR count). The summed E-state index contributed by atoms with van der Waals surface area (Å²) in [6.45, 7) is 3.58. The molecule has 3 aromatic rings. The van der Waals surface area contributed by atoms with Gasteiger partial charge in [0.1, 0.15) is 29.7 Å². The number of carbonyl (C=O) groups excluding carboxylic acids is 1. The Bertz CT molecular complexity index is 1150. The first-order chi connectivity index (χ1) is 14.6. The highest BCUT2D eigenvalue weighted by atomic mass is 16.5. The molecule has 0 radical (unpaired) electrons. The Kier molecular flexibility index (Phi) is 4.56. The average Bonchev–Trinajstić information content (AvgIpc) is 3.37. The van der Waals surface area contributed by atoms with Gasteiger partial charge in [0, 0.05) is 12.1 Å². The van der Waals surface area contributed by atoms with E-state index in [2.05, 4.69) is 4.90 Å². The maximum absolute atomic E-state index is 13.1. The van der Waals surface area contributed by atoms with Gasteiger partial charge in [0.2, 0.25) is 5.78 Å². The summed E-state index contributed by atoms with van der Waals surface area (Å²) >= 11 is 0. The summed E-state index contributed by atoms with van der Waals surface area (Å²) < 4.78 is 22.9. The molecule has 30 heavy (non-hydrogen) atoms. The molecular weight excluding hydrogens is 382 g/mol. The zero-order valence-electron chi connectivity index (χ0n) is 16.8. The van der Waals surface area contributed by atoms with E-state index in [4.69, 9.17) is 18.6 Å². The normalized spacial score (nSPS) is 16.7. The summed E-state index contributed by atoms with van der Waals surface area (Å²) in [7, 11) is 1.61. The van der Waals surface area contributed by atoms with Gasteiger partial charge in [-0.15, -0.1) is 0 Å². The number of hydrogen-bond donors (Lipinski definition) is 0. The van der Waals surface area contributed by atoms with Crippen molar-refractivity contribution in [1.29, 1.82) is 0 Å². The van der Waals surface area contributed by atoms with Gasteiger partial charge in [-0.2, -0.15) is 0 Å². The van der Waals surface area contributed by atoms with E-state index < -0.39 is 0 Å². The number of hydrogen-bond acceptors (Lipinski definition) is 6. The Morgan fingerprint density at radius 2 is 2.07 bits per heavy atom. The van der Waals surface area contributed by atoms with Gasteiger partial charge in [-0.1, -0.05) is 18.2 Å². The van der Waals surface area contributed by atoms with Crippen LogP contribution in [0.4, 0.5) is 0 Å². The standard InChI is InChI=1S/C24H21NO5/c1-15-10-20-18(13-25(14-29-20)12-17-7-5-9-28-17)24-22(15)23(26)21(30-24)11-16-6-3-4-8-19(16)27-2/h3-11H,12-14H2,1-2H3/b21-11-. The molecule has 6 heteroatoms. The number of para-hydroxylation sites is 1. The van der Waals surface area contributed by atoms with Crippen molar-refractivity contribution in [2.75, 3.05) is 13.8 Å². The molecule has 0 unspecified atom stereocenters. The number of aryl methyl sites for hydroxylation is 1. The van der Waals surface area contributed by atoms with Crippen molar-refractivity contribution < 1.29 is 23.4 Å². The first-order valence-corrected chi connectivity index (χ1v) is 9.75. The molecule has 2 aliphatic rings. The van der Waals surface area contributed by atoms with Crippen molar-refractivity contribution in [3.8, 4) is 17.2 Å². The van der Waals surface area contributed by atoms with Crippen LogP contribution in [-0.2, 0) is 13.1 Å². The molecule has 0 saturated heterocycles. The molecule has 6 nitrogen and oxygen atoms in total. The van der Waals surface area contributed by atoms with Crippen LogP contribution in [0.25, 0.3) is 6.08 Å². The van der Waals surface area contributed by atoms with Gasteiger partial charge in [-0.3, -0.25) is 9.69 Å². The molecule has 1 aromatic heterocycles. The molecule has 0 aliphatic carbocycles. The SMILES string of the molecule is COc1ccccc1/C=C1\Oc2c3c(cc(C)c2C1=O)OCN(Cc1ccco1)C3. The van der Waals surface area contributed by atoms with E-state index >= 15 is 0 Å². The van der Waals surface area contributed by atoms with Gasteiger partial charge in [-0.25, -0.2) is 0 Å². The van der Waals surface area contributed by atoms with Crippen LogP contribution in [0.3, 0.4) is 0 Å². The van der Waals surface area contributed by atoms with E-state index in [1.165, 1.54) is 0 Å². The van der Waals surface area contributed by atoms with Crippen LogP contribution in [-0.4, -0.2) is 24.5 Å². The van der Waals surface area contributed by atoms with Gasteiger partial charge >= 0.3 is 0 Å². The third-order valence-electron chi connectivity index (χ3n) is 5.37. The topological polar surface area (TPSA) is 61.1 Å². The average molecular weight is 403 g/mol. The molecule has 0 spiro atoms. The molecule has 0 amide bonds. The lowest BCUT2D eigenvalue weighted by Crippen LogP contribution is -2.31. The van der Waals surface area contributed by atoms with Crippen molar-refractivity contribution in [2.45, 2.75) is 20.0 Å². The molecule has 0 atom stereocenters. The Balaban J connectivity index is 1.50. The van der Waals surface area contributed by atoms with E-state index in [1.807, 2.05) is 49.4 Å². The summed E-state index contributed by atoms with van der Waals surface area (Å²) in [5, 5.41) is 0. The number of nitrogens with zero attached hydrogens (tertiary/aromatic N) is 1. The highest BCUT2D eigenvalue weighted by Gasteiger charge is 2.35. The lowest BCUT2D eigenvalue weighted by atomic mass is 9.98. The largest absolute Gasteiger partial charge is 0.496 e. The van der Waals surface area contributed by atoms with Gasteiger partial charge in [0.25, 0.3) is 0 Å². The number of benzene rings is 2. The molecule has 2 aliphatic heterocycles. The van der Waals surface area contributed by atoms with Crippen molar-refractivity contribution in [1.82, 2.24) is 4.90 Å². The minimum Gasteiger partial charge on any atom is -0.496 e. The number of carbonyl (C=O) groups is 1. The fourth-order valence-electron chi connectivity index (χ4n) is 3.93. The number of fused-ring (bicyclic) bond motifs is 3. The second-order valence-electron chi connectivity index (χ2n) is 7.40. The fourth-order valence-corrected chi connectivity index (χ4v) is 3.93. The van der Waals surface area contributed by atoms with Crippen molar-refractivity contribution in [3.63, 3.8) is 0 Å². The minimum absolute atomic E-state index is 0.126. The fraction of sp³-hybridized carbons (Fsp3) is 0.208. The third-order valence-corrected chi connectivity index (χ3v) is 5.37. The van der Waals surface area contributed by atoms with Crippen molar-refractivity contribution >= 4 is 11.9 Å². The maximum Gasteiger partial charge on any atom is 0.232 e. The minimum atomic E-state index is -0.126. The summed E-state index contributed by atoms with van der Waals surface area (Å²) in [4.78, 5) is 15.2. The first kappa shape index (κ1) is 18.5. The molecule has 0 fully saturated rings. The summed E-state index contributed by atoms with van der Waals surface area (Å²) in [5.74, 6) is 3.05. The Labute approximate surface area is 174 Å². The second kappa shape index (κ2) is 7.39. The lowest BCUT2D eigenvalue weighted by Gasteiger charge is -2.29. The zero-order chi connectivity index (χ0) is 20.7. The maximum atomic E-state index is 13.1. The highest BCUT2D eigenvalue weighted by molar-refractivity contribution is 6.16. The zero-order valence-corrected chi connectivity index (χ0v) is 16.8. The number of furan rings is 1. The molecule has 152 valence electrons. The van der Waals surface area contributed by atoms with E-state index in [9.17, 15) is 4.79 Å². The van der Waals surface area contributed by atoms with Gasteiger partial charge in [-0.05, 0) is 42.8 Å². The number of ketones is 1. The van der Waals surface area contributed by atoms with Crippen LogP contribution in [0.1, 0.15) is 32.8 Å². The van der Waals surface area contributed by atoms with Crippen LogP contribution >= 0.6 is 0 Å². The molecule has 0 saturated carbocycles. The third kappa shape index (κ3) is 3.15. The molecule has 3 heterocycles. The first-order valence-electron chi connectivity index (χ1n) is 9.75. The number of allylic oxidation sites excluding steroid dienone is 1. The van der Waals surface area contributed by atoms with Crippen LogP contribution in [0.2, 0.25) is 0 Å². The molecule has 0 N–H and O–H groups in total. The number of rotatable bonds is 4. The van der Waals surface area contributed by atoms with E-state index in [0.717, 1.165) is 28.2 Å². The monoisotopic (exact) mass is 403 g/mol. The van der Waals surface area contributed by atoms with Crippen LogP contribution in [0.5, 0.6) is 17.2 Å². The van der Waals surface area contributed by atoms with Crippen LogP contribution in [0, 0.1) is 6.92 Å². The predicted octanol–water partition coefficient (Wildman–Crippen LogP) is 4.56. The molecule has 0 bridgehead atoms. The smallest absolute Gasteiger partial charge is 0.232 e. The van der Waals surface area contributed by atoms with Gasteiger partial charge in [0.05, 0.1) is 31.0 Å². The molecular formula is C24H21NO5. The number of methoxy groups -OCH3 is 1. The summed E-state index contributed by atoms with van der Waals surface area (Å²) in [6.07, 6.45) is 3.39. The van der Waals surface area contributed by atoms with Crippen LogP contribution < -0.4 is 14.2 Å². The quantitative estimate of drug-likeness (QED) is 0.595. The Morgan fingerprint density at radius 1 is 1.20 bits per heavy atom. The Hall–Kier alpha value is -3.51. The van der Waals surface area contributed by atoms with Gasteiger partial charge in [0.15, 0.2) is 5.76 Å². The summed E-state index contributed by atoms with van der Waals surface area (Å²) in [5.41, 5.74) is 3.11. The second-order valence-corrected chi connectivity index (χ2v) is 7.40. The van der Waals surface area contributed by atoms with E-state index in [1.54, 1.807) is 19.4 Å². The van der Waals surface area contributed by atoms with E-state index in [-0.39, 0.29) is 11.5 Å². The lowest BCUT2D eigenvalue weighted by molar-refractivity contribution is 0.0809. The Morgan fingerprint density at radius 3 is 2.87 bits per heavy atom. The number of ether oxygens (including phenoxy) is 3. The van der Waals surface area contributed by atoms with Gasteiger partial charge < -0.3 is 18.6 Å². The van der Waals surface area contributed by atoms with Crippen LogP contribution in [0.15, 0.2) is 58.9 Å². The van der Waals surface area contributed by atoms with Crippen molar-refractivity contribution in [2.24, 2.45) is 0 Å². The van der Waals surface area contributed by atoms with E-state index in [0.29, 0.717) is 36.9 Å². The summed E-state index contributed by atoms with van der Waals surface area (Å²) in [6, 6.07) is 13.3.